The minimum absolute atomic E-state index is 0.276. The lowest BCUT2D eigenvalue weighted by molar-refractivity contribution is 0.475. The van der Waals surface area contributed by atoms with Gasteiger partial charge in [-0.05, 0) is 40.6 Å². The molecule has 0 spiro atoms. The summed E-state index contributed by atoms with van der Waals surface area (Å²) in [5, 5.41) is 11.1. The molecule has 1 aliphatic heterocycles. The largest absolute Gasteiger partial charge is 0.652 e. The van der Waals surface area contributed by atoms with Gasteiger partial charge in [-0.15, -0.1) is 0 Å². The third-order valence-corrected chi connectivity index (χ3v) is 4.07. The number of phenols is 1. The fourth-order valence-electron chi connectivity index (χ4n) is 0.995. The Labute approximate surface area is 90.1 Å². The van der Waals surface area contributed by atoms with Crippen molar-refractivity contribution in [1.82, 2.24) is 3.71 Å². The van der Waals surface area contributed by atoms with Crippen molar-refractivity contribution in [2.45, 2.75) is 0 Å². The molecule has 0 saturated heterocycles. The summed E-state index contributed by atoms with van der Waals surface area (Å²) in [6.45, 7) is 0. The van der Waals surface area contributed by atoms with Gasteiger partial charge in [0.05, 0.1) is 0 Å². The third kappa shape index (κ3) is 1.92. The fourth-order valence-corrected chi connectivity index (χ4v) is 3.17. The summed E-state index contributed by atoms with van der Waals surface area (Å²) >= 11 is 5.08. The molecule has 2 nitrogen and oxygen atoms in total. The van der Waals surface area contributed by atoms with Crippen LogP contribution in [0.3, 0.4) is 0 Å². The highest BCUT2D eigenvalue weighted by Gasteiger charge is 2.08. The summed E-state index contributed by atoms with van der Waals surface area (Å²) in [5.74, 6) is 0.276. The standard InChI is InChI=1S/C8H6NOS3/c10-7-3-1-6(2-4-7)8-5-12-13-9(8)11/h1-5,10H/q-1. The molecule has 0 saturated carbocycles. The first-order chi connectivity index (χ1) is 6.27. The van der Waals surface area contributed by atoms with Gasteiger partial charge < -0.3 is 21.6 Å². The SMILES string of the molecule is Oc1ccc(C2=CSSN2[S-])cc1. The molecule has 0 unspecified atom stereocenters. The molecule has 68 valence electrons. The molecular formula is C8H6NOS3-. The average molecular weight is 228 g/mol. The molecule has 0 aromatic heterocycles. The summed E-state index contributed by atoms with van der Waals surface area (Å²) in [5.41, 5.74) is 2.04. The van der Waals surface area contributed by atoms with Crippen molar-refractivity contribution in [3.05, 3.63) is 35.2 Å². The predicted molar refractivity (Wildman–Crippen MR) is 60.5 cm³/mol. The Kier molecular flexibility index (Phi) is 2.66. The molecule has 2 rings (SSSR count). The molecule has 1 heterocycles. The first-order valence-electron chi connectivity index (χ1n) is 3.57. The van der Waals surface area contributed by atoms with Crippen molar-refractivity contribution in [2.75, 3.05) is 0 Å². The number of benzene rings is 1. The van der Waals surface area contributed by atoms with E-state index in [1.807, 2.05) is 17.5 Å². The van der Waals surface area contributed by atoms with Gasteiger partial charge in [0, 0.05) is 22.1 Å². The molecule has 0 amide bonds. The molecule has 1 aromatic carbocycles. The Hall–Kier alpha value is -0.390. The van der Waals surface area contributed by atoms with Gasteiger partial charge >= 0.3 is 0 Å². The summed E-state index contributed by atoms with van der Waals surface area (Å²) < 4.78 is 1.69. The molecule has 13 heavy (non-hydrogen) atoms. The number of rotatable bonds is 1. The smallest absolute Gasteiger partial charge is 0.115 e. The number of aromatic hydroxyl groups is 1. The Morgan fingerprint density at radius 3 is 2.46 bits per heavy atom. The monoisotopic (exact) mass is 228 g/mol. The molecule has 5 heteroatoms. The van der Waals surface area contributed by atoms with E-state index in [0.29, 0.717) is 0 Å². The van der Waals surface area contributed by atoms with E-state index in [1.165, 1.54) is 11.0 Å². The maximum Gasteiger partial charge on any atom is 0.115 e. The molecule has 0 radical (unpaired) electrons. The molecule has 0 atom stereocenters. The number of nitrogens with zero attached hydrogens (tertiary/aromatic N) is 1. The Morgan fingerprint density at radius 2 is 1.92 bits per heavy atom. The minimum Gasteiger partial charge on any atom is -0.652 e. The number of phenolic OH excluding ortho intramolecular Hbond substituents is 1. The van der Waals surface area contributed by atoms with Crippen molar-refractivity contribution < 1.29 is 5.11 Å². The topological polar surface area (TPSA) is 23.5 Å². The van der Waals surface area contributed by atoms with Gasteiger partial charge in [-0.3, -0.25) is 0 Å². The van der Waals surface area contributed by atoms with Crippen LogP contribution in [0.15, 0.2) is 29.7 Å². The predicted octanol–water partition coefficient (Wildman–Crippen LogP) is 2.76. The van der Waals surface area contributed by atoms with Crippen LogP contribution in [-0.2, 0) is 12.8 Å². The van der Waals surface area contributed by atoms with E-state index in [1.54, 1.807) is 26.6 Å². The Balaban J connectivity index is 2.30. The first-order valence-corrected chi connectivity index (χ1v) is 6.11. The van der Waals surface area contributed by atoms with Gasteiger partial charge in [-0.25, -0.2) is 0 Å². The van der Waals surface area contributed by atoms with Crippen LogP contribution in [0.1, 0.15) is 5.56 Å². The summed E-state index contributed by atoms with van der Waals surface area (Å²) in [4.78, 5) is 0. The van der Waals surface area contributed by atoms with Crippen LogP contribution in [0.4, 0.5) is 0 Å². The van der Waals surface area contributed by atoms with Gasteiger partial charge in [0.1, 0.15) is 5.75 Å². The summed E-state index contributed by atoms with van der Waals surface area (Å²) in [6.07, 6.45) is 0. The normalized spacial score (nSPS) is 16.1. The molecular weight excluding hydrogens is 222 g/mol. The number of hydrogen-bond acceptors (Lipinski definition) is 5. The second-order valence-corrected chi connectivity index (χ2v) is 5.04. The van der Waals surface area contributed by atoms with Gasteiger partial charge in [0.2, 0.25) is 0 Å². The van der Waals surface area contributed by atoms with E-state index < -0.39 is 0 Å². The van der Waals surface area contributed by atoms with Crippen LogP contribution >= 0.6 is 21.8 Å². The molecule has 0 bridgehead atoms. The molecule has 0 fully saturated rings. The lowest BCUT2D eigenvalue weighted by Gasteiger charge is -2.26. The zero-order valence-corrected chi connectivity index (χ0v) is 8.96. The second kappa shape index (κ2) is 3.77. The summed E-state index contributed by atoms with van der Waals surface area (Å²) in [7, 11) is 3.12. The Morgan fingerprint density at radius 1 is 1.23 bits per heavy atom. The van der Waals surface area contributed by atoms with E-state index in [2.05, 4.69) is 0 Å². The highest BCUT2D eigenvalue weighted by atomic mass is 33.1. The quantitative estimate of drug-likeness (QED) is 0.452. The zero-order chi connectivity index (χ0) is 9.26. The van der Waals surface area contributed by atoms with Gasteiger partial charge in [-0.1, -0.05) is 0 Å². The lowest BCUT2D eigenvalue weighted by atomic mass is 10.2. The molecule has 1 aliphatic rings. The van der Waals surface area contributed by atoms with Gasteiger partial charge in [-0.2, -0.15) is 0 Å². The van der Waals surface area contributed by atoms with Gasteiger partial charge in [0.25, 0.3) is 0 Å². The average Bonchev–Trinajstić information content (AvgIpc) is 2.53. The minimum atomic E-state index is 0.276. The highest BCUT2D eigenvalue weighted by molar-refractivity contribution is 8.78. The van der Waals surface area contributed by atoms with Crippen molar-refractivity contribution in [3.8, 4) is 5.75 Å². The van der Waals surface area contributed by atoms with Gasteiger partial charge in [0.15, 0.2) is 0 Å². The van der Waals surface area contributed by atoms with E-state index in [-0.39, 0.29) is 5.75 Å². The maximum atomic E-state index is 9.10. The van der Waals surface area contributed by atoms with Crippen LogP contribution in [-0.4, -0.2) is 8.82 Å². The van der Waals surface area contributed by atoms with E-state index in [0.717, 1.165) is 11.3 Å². The van der Waals surface area contributed by atoms with Crippen LogP contribution in [0.25, 0.3) is 5.70 Å². The van der Waals surface area contributed by atoms with E-state index in [9.17, 15) is 0 Å². The van der Waals surface area contributed by atoms with E-state index in [4.69, 9.17) is 17.9 Å². The van der Waals surface area contributed by atoms with Crippen LogP contribution in [0.5, 0.6) is 5.75 Å². The fraction of sp³-hybridized carbons (Fsp3) is 0. The van der Waals surface area contributed by atoms with Crippen molar-refractivity contribution in [2.24, 2.45) is 0 Å². The zero-order valence-electron chi connectivity index (χ0n) is 6.51. The third-order valence-electron chi connectivity index (χ3n) is 1.63. The van der Waals surface area contributed by atoms with Crippen LogP contribution < -0.4 is 0 Å². The van der Waals surface area contributed by atoms with Crippen LogP contribution in [0.2, 0.25) is 0 Å². The highest BCUT2D eigenvalue weighted by Crippen LogP contribution is 2.42. The second-order valence-electron chi connectivity index (χ2n) is 2.48. The van der Waals surface area contributed by atoms with E-state index >= 15 is 0 Å². The number of hydrogen-bond donors (Lipinski definition) is 1. The van der Waals surface area contributed by atoms with Crippen molar-refractivity contribution >= 4 is 40.3 Å². The molecule has 1 aromatic rings. The van der Waals surface area contributed by atoms with Crippen molar-refractivity contribution in [3.63, 3.8) is 0 Å². The lowest BCUT2D eigenvalue weighted by Crippen LogP contribution is -1.99. The Bertz CT molecular complexity index is 336. The maximum absolute atomic E-state index is 9.10. The van der Waals surface area contributed by atoms with Crippen LogP contribution in [0, 0.1) is 0 Å². The molecule has 1 N–H and O–H groups in total. The van der Waals surface area contributed by atoms with Crippen molar-refractivity contribution in [1.29, 1.82) is 0 Å². The molecule has 0 aliphatic carbocycles. The first kappa shape index (κ1) is 9.18. The summed E-state index contributed by atoms with van der Waals surface area (Å²) in [6, 6.07) is 7.03.